The van der Waals surface area contributed by atoms with Crippen LogP contribution in [-0.2, 0) is 4.74 Å². The van der Waals surface area contributed by atoms with Crippen molar-refractivity contribution in [2.45, 2.75) is 18.6 Å². The van der Waals surface area contributed by atoms with Crippen LogP contribution in [0, 0.1) is 0 Å². The smallest absolute Gasteiger partial charge is 0.191 e. The third-order valence-electron chi connectivity index (χ3n) is 4.78. The molecule has 8 heteroatoms. The molecular formula is C18H29BrIN5O. The Morgan fingerprint density at radius 1 is 1.31 bits per heavy atom. The summed E-state index contributed by atoms with van der Waals surface area (Å²) in [6.45, 7) is 5.59. The molecule has 0 spiro atoms. The molecule has 0 aliphatic carbocycles. The van der Waals surface area contributed by atoms with Gasteiger partial charge in [0.25, 0.3) is 0 Å². The Labute approximate surface area is 181 Å². The van der Waals surface area contributed by atoms with Crippen LogP contribution in [-0.4, -0.2) is 76.4 Å². The number of aliphatic imine (C=N–C) groups is 1. The number of ether oxygens (including phenoxy) is 1. The molecule has 2 unspecified atom stereocenters. The van der Waals surface area contributed by atoms with Gasteiger partial charge in [-0.1, -0.05) is 12.1 Å². The molecule has 146 valence electrons. The number of halogens is 2. The lowest BCUT2D eigenvalue weighted by molar-refractivity contribution is -0.0161. The Hall–Kier alpha value is -0.580. The van der Waals surface area contributed by atoms with Crippen LogP contribution in [0.25, 0.3) is 0 Å². The lowest BCUT2D eigenvalue weighted by Gasteiger charge is -2.30. The van der Waals surface area contributed by atoms with Gasteiger partial charge in [0.15, 0.2) is 5.96 Å². The van der Waals surface area contributed by atoms with Crippen LogP contribution in [0.3, 0.4) is 0 Å². The highest BCUT2D eigenvalue weighted by atomic mass is 127. The second kappa shape index (κ2) is 10.7. The van der Waals surface area contributed by atoms with Crippen molar-refractivity contribution in [3.8, 4) is 0 Å². The summed E-state index contributed by atoms with van der Waals surface area (Å²) in [5.74, 6) is 0.857. The standard InChI is InChI=1S/C18H28BrN5O.HI/c1-20-18(21-11-15-13-23(2)9-10-25-15)22-14-7-8-24(12-14)17-6-4-3-5-16(17)19;/h3-6,14-15H,7-13H2,1-2H3,(H2,20,21,22);1H. The quantitative estimate of drug-likeness (QED) is 0.350. The van der Waals surface area contributed by atoms with E-state index in [0.29, 0.717) is 6.04 Å². The average molecular weight is 538 g/mol. The minimum Gasteiger partial charge on any atom is -0.374 e. The normalized spacial score (nSPS) is 24.3. The third kappa shape index (κ3) is 5.97. The molecule has 2 heterocycles. The SMILES string of the molecule is CN=C(NCC1CN(C)CCO1)NC1CCN(c2ccccc2Br)C1.I. The molecule has 1 aromatic rings. The summed E-state index contributed by atoms with van der Waals surface area (Å²) in [5, 5.41) is 6.96. The number of guanidine groups is 1. The first-order valence-corrected chi connectivity index (χ1v) is 9.72. The van der Waals surface area contributed by atoms with Crippen molar-refractivity contribution in [3.05, 3.63) is 28.7 Å². The number of anilines is 1. The minimum absolute atomic E-state index is 0. The second-order valence-corrected chi connectivity index (χ2v) is 7.59. The number of hydrogen-bond donors (Lipinski definition) is 2. The molecule has 0 aromatic heterocycles. The van der Waals surface area contributed by atoms with Crippen molar-refractivity contribution in [3.63, 3.8) is 0 Å². The Balaban J connectivity index is 0.00000243. The zero-order valence-corrected chi connectivity index (χ0v) is 19.4. The highest BCUT2D eigenvalue weighted by molar-refractivity contribution is 14.0. The summed E-state index contributed by atoms with van der Waals surface area (Å²) in [6, 6.07) is 8.79. The highest BCUT2D eigenvalue weighted by Gasteiger charge is 2.25. The Kier molecular flexibility index (Phi) is 8.92. The van der Waals surface area contributed by atoms with Gasteiger partial charge >= 0.3 is 0 Å². The fraction of sp³-hybridized carbons (Fsp3) is 0.611. The molecule has 1 aromatic carbocycles. The van der Waals surface area contributed by atoms with Crippen LogP contribution in [0.2, 0.25) is 0 Å². The van der Waals surface area contributed by atoms with E-state index in [2.05, 4.69) is 72.7 Å². The topological polar surface area (TPSA) is 52.1 Å². The predicted octanol–water partition coefficient (Wildman–Crippen LogP) is 2.14. The van der Waals surface area contributed by atoms with Gasteiger partial charge in [0.2, 0.25) is 0 Å². The maximum absolute atomic E-state index is 5.80. The van der Waals surface area contributed by atoms with Crippen LogP contribution in [0.1, 0.15) is 6.42 Å². The summed E-state index contributed by atoms with van der Waals surface area (Å²) >= 11 is 3.65. The molecule has 2 fully saturated rings. The average Bonchev–Trinajstić information content (AvgIpc) is 3.07. The van der Waals surface area contributed by atoms with E-state index in [0.717, 1.165) is 56.2 Å². The van der Waals surface area contributed by atoms with Gasteiger partial charge in [0, 0.05) is 50.3 Å². The van der Waals surface area contributed by atoms with Gasteiger partial charge in [0.05, 0.1) is 18.4 Å². The van der Waals surface area contributed by atoms with Crippen molar-refractivity contribution in [2.24, 2.45) is 4.99 Å². The number of nitrogens with one attached hydrogen (secondary N) is 2. The molecule has 26 heavy (non-hydrogen) atoms. The van der Waals surface area contributed by atoms with E-state index in [1.807, 2.05) is 7.05 Å². The fourth-order valence-electron chi connectivity index (χ4n) is 3.39. The van der Waals surface area contributed by atoms with Crippen molar-refractivity contribution in [1.82, 2.24) is 15.5 Å². The first kappa shape index (κ1) is 21.7. The first-order chi connectivity index (χ1) is 12.2. The van der Waals surface area contributed by atoms with Gasteiger partial charge in [-0.3, -0.25) is 4.99 Å². The summed E-state index contributed by atoms with van der Waals surface area (Å²) < 4.78 is 6.95. The predicted molar refractivity (Wildman–Crippen MR) is 122 cm³/mol. The lowest BCUT2D eigenvalue weighted by Crippen LogP contribution is -2.50. The van der Waals surface area contributed by atoms with Crippen LogP contribution in [0.15, 0.2) is 33.7 Å². The molecule has 0 amide bonds. The van der Waals surface area contributed by atoms with Crippen LogP contribution in [0.5, 0.6) is 0 Å². The van der Waals surface area contributed by atoms with Crippen molar-refractivity contribution in [2.75, 3.05) is 58.3 Å². The van der Waals surface area contributed by atoms with Crippen LogP contribution < -0.4 is 15.5 Å². The van der Waals surface area contributed by atoms with E-state index in [1.165, 1.54) is 5.69 Å². The van der Waals surface area contributed by atoms with E-state index in [1.54, 1.807) is 0 Å². The fourth-order valence-corrected chi connectivity index (χ4v) is 3.93. The van der Waals surface area contributed by atoms with E-state index in [9.17, 15) is 0 Å². The number of likely N-dealkylation sites (N-methyl/N-ethyl adjacent to an activating group) is 1. The molecular weight excluding hydrogens is 509 g/mol. The van der Waals surface area contributed by atoms with Gasteiger partial charge in [-0.15, -0.1) is 24.0 Å². The highest BCUT2D eigenvalue weighted by Crippen LogP contribution is 2.28. The number of morpholine rings is 1. The molecule has 0 radical (unpaired) electrons. The molecule has 0 bridgehead atoms. The molecule has 2 aliphatic heterocycles. The molecule has 2 aliphatic rings. The first-order valence-electron chi connectivity index (χ1n) is 8.92. The molecule has 6 nitrogen and oxygen atoms in total. The van der Waals surface area contributed by atoms with E-state index in [-0.39, 0.29) is 30.1 Å². The summed E-state index contributed by atoms with van der Waals surface area (Å²) in [7, 11) is 3.96. The van der Waals surface area contributed by atoms with Gasteiger partial charge in [0.1, 0.15) is 0 Å². The minimum atomic E-state index is 0. The molecule has 2 atom stereocenters. The molecule has 0 saturated carbocycles. The second-order valence-electron chi connectivity index (χ2n) is 6.74. The number of benzene rings is 1. The monoisotopic (exact) mass is 537 g/mol. The zero-order valence-electron chi connectivity index (χ0n) is 15.4. The molecule has 2 saturated heterocycles. The maximum Gasteiger partial charge on any atom is 0.191 e. The third-order valence-corrected chi connectivity index (χ3v) is 5.46. The van der Waals surface area contributed by atoms with Gasteiger partial charge < -0.3 is 25.2 Å². The number of nitrogens with zero attached hydrogens (tertiary/aromatic N) is 3. The Morgan fingerprint density at radius 2 is 2.12 bits per heavy atom. The largest absolute Gasteiger partial charge is 0.374 e. The Bertz CT molecular complexity index is 603. The van der Waals surface area contributed by atoms with Crippen LogP contribution >= 0.6 is 39.9 Å². The van der Waals surface area contributed by atoms with Crippen molar-refractivity contribution in [1.29, 1.82) is 0 Å². The zero-order chi connectivity index (χ0) is 17.6. The molecule has 3 rings (SSSR count). The van der Waals surface area contributed by atoms with Crippen LogP contribution in [0.4, 0.5) is 5.69 Å². The van der Waals surface area contributed by atoms with E-state index >= 15 is 0 Å². The van der Waals surface area contributed by atoms with E-state index in [4.69, 9.17) is 4.74 Å². The number of para-hydroxylation sites is 1. The van der Waals surface area contributed by atoms with Gasteiger partial charge in [-0.2, -0.15) is 0 Å². The summed E-state index contributed by atoms with van der Waals surface area (Å²) in [6.07, 6.45) is 1.32. The van der Waals surface area contributed by atoms with E-state index < -0.39 is 0 Å². The summed E-state index contributed by atoms with van der Waals surface area (Å²) in [5.41, 5.74) is 1.26. The maximum atomic E-state index is 5.80. The van der Waals surface area contributed by atoms with Crippen molar-refractivity contribution >= 4 is 51.6 Å². The number of rotatable bonds is 4. The Morgan fingerprint density at radius 3 is 2.85 bits per heavy atom. The lowest BCUT2D eigenvalue weighted by atomic mass is 10.2. The van der Waals surface area contributed by atoms with Crippen molar-refractivity contribution < 1.29 is 4.74 Å². The number of hydrogen-bond acceptors (Lipinski definition) is 4. The van der Waals surface area contributed by atoms with Gasteiger partial charge in [-0.05, 0) is 41.5 Å². The molecule has 2 N–H and O–H groups in total. The van der Waals surface area contributed by atoms with Gasteiger partial charge in [-0.25, -0.2) is 0 Å². The summed E-state index contributed by atoms with van der Waals surface area (Å²) in [4.78, 5) is 9.08.